The summed E-state index contributed by atoms with van der Waals surface area (Å²) in [6, 6.07) is 9.26. The molecule has 3 rings (SSSR count). The van der Waals surface area contributed by atoms with E-state index in [9.17, 15) is 0 Å². The van der Waals surface area contributed by atoms with Crippen LogP contribution in [0.5, 0.6) is 0 Å². The van der Waals surface area contributed by atoms with Crippen molar-refractivity contribution in [3.05, 3.63) is 35.4 Å². The van der Waals surface area contributed by atoms with E-state index in [0.29, 0.717) is 18.5 Å². The van der Waals surface area contributed by atoms with Crippen molar-refractivity contribution in [3.8, 4) is 0 Å². The van der Waals surface area contributed by atoms with Gasteiger partial charge in [0.15, 0.2) is 5.96 Å². The first-order valence-electron chi connectivity index (χ1n) is 10.7. The van der Waals surface area contributed by atoms with Crippen LogP contribution in [0.1, 0.15) is 50.7 Å². The second kappa shape index (κ2) is 10.1. The zero-order valence-corrected chi connectivity index (χ0v) is 17.2. The minimum Gasteiger partial charge on any atom is -0.370 e. The molecule has 0 bridgehead atoms. The van der Waals surface area contributed by atoms with Gasteiger partial charge in [0.2, 0.25) is 0 Å². The Labute approximate surface area is 165 Å². The molecule has 2 aliphatic heterocycles. The molecule has 2 aliphatic rings. The van der Waals surface area contributed by atoms with Crippen molar-refractivity contribution in [3.63, 3.8) is 0 Å². The van der Waals surface area contributed by atoms with Gasteiger partial charge in [0.1, 0.15) is 0 Å². The summed E-state index contributed by atoms with van der Waals surface area (Å²) in [4.78, 5) is 9.71. The van der Waals surface area contributed by atoms with Crippen molar-refractivity contribution in [2.24, 2.45) is 16.6 Å². The first kappa shape index (κ1) is 20.2. The molecule has 2 saturated heterocycles. The molecular formula is C22H37N5. The van der Waals surface area contributed by atoms with Crippen molar-refractivity contribution in [1.29, 1.82) is 0 Å². The fourth-order valence-electron chi connectivity index (χ4n) is 4.32. The van der Waals surface area contributed by atoms with E-state index in [1.807, 2.05) is 0 Å². The zero-order valence-electron chi connectivity index (χ0n) is 17.2. The zero-order chi connectivity index (χ0) is 19.1. The second-order valence-corrected chi connectivity index (χ2v) is 8.23. The summed E-state index contributed by atoms with van der Waals surface area (Å²) in [5.74, 6) is 1.44. The molecule has 0 aliphatic carbocycles. The summed E-state index contributed by atoms with van der Waals surface area (Å²) in [5, 5.41) is 3.34. The summed E-state index contributed by atoms with van der Waals surface area (Å²) in [7, 11) is 0. The molecule has 1 atom stereocenters. The molecule has 0 saturated carbocycles. The largest absolute Gasteiger partial charge is 0.370 e. The van der Waals surface area contributed by atoms with Crippen molar-refractivity contribution in [2.75, 3.05) is 32.7 Å². The SMILES string of the molecule is CCN1CCCC1CNC(N)=NCc1ccccc1CN1CCC(C)CC1. The molecule has 27 heavy (non-hydrogen) atoms. The Morgan fingerprint density at radius 1 is 1.15 bits per heavy atom. The van der Waals surface area contributed by atoms with E-state index in [0.717, 1.165) is 25.6 Å². The Hall–Kier alpha value is -1.59. The lowest BCUT2D eigenvalue weighted by molar-refractivity contribution is 0.185. The highest BCUT2D eigenvalue weighted by atomic mass is 15.2. The quantitative estimate of drug-likeness (QED) is 0.572. The van der Waals surface area contributed by atoms with Crippen LogP contribution in [-0.2, 0) is 13.1 Å². The minimum atomic E-state index is 0.569. The highest BCUT2D eigenvalue weighted by molar-refractivity contribution is 5.77. The molecule has 1 aromatic rings. The molecule has 150 valence electrons. The lowest BCUT2D eigenvalue weighted by Gasteiger charge is -2.30. The van der Waals surface area contributed by atoms with Gasteiger partial charge < -0.3 is 11.1 Å². The van der Waals surface area contributed by atoms with E-state index in [-0.39, 0.29) is 0 Å². The van der Waals surface area contributed by atoms with Gasteiger partial charge >= 0.3 is 0 Å². The van der Waals surface area contributed by atoms with E-state index in [2.05, 4.69) is 58.2 Å². The number of nitrogens with one attached hydrogen (secondary N) is 1. The molecule has 1 aromatic carbocycles. The molecule has 1 unspecified atom stereocenters. The van der Waals surface area contributed by atoms with Crippen LogP contribution in [-0.4, -0.2) is 54.5 Å². The number of likely N-dealkylation sites (tertiary alicyclic amines) is 2. The normalized spacial score (nSPS) is 23.0. The molecule has 0 spiro atoms. The fraction of sp³-hybridized carbons (Fsp3) is 0.682. The summed E-state index contributed by atoms with van der Waals surface area (Å²) in [6.45, 7) is 11.9. The van der Waals surface area contributed by atoms with Crippen LogP contribution in [0, 0.1) is 5.92 Å². The average Bonchev–Trinajstić information content (AvgIpc) is 3.15. The molecular weight excluding hydrogens is 334 g/mol. The van der Waals surface area contributed by atoms with Crippen LogP contribution < -0.4 is 11.1 Å². The number of nitrogens with zero attached hydrogens (tertiary/aromatic N) is 3. The smallest absolute Gasteiger partial charge is 0.188 e. The number of benzene rings is 1. The summed E-state index contributed by atoms with van der Waals surface area (Å²) in [6.07, 6.45) is 5.17. The van der Waals surface area contributed by atoms with Crippen molar-refractivity contribution in [1.82, 2.24) is 15.1 Å². The standard InChI is InChI=1S/C22H37N5/c1-3-27-12-6-9-21(27)16-25-22(23)24-15-19-7-4-5-8-20(19)17-26-13-10-18(2)11-14-26/h4-5,7-8,18,21H,3,6,9-17H2,1-2H3,(H3,23,24,25). The Kier molecular flexibility index (Phi) is 7.53. The van der Waals surface area contributed by atoms with Gasteiger partial charge in [0.05, 0.1) is 6.54 Å². The maximum atomic E-state index is 6.15. The van der Waals surface area contributed by atoms with Gasteiger partial charge in [-0.2, -0.15) is 0 Å². The lowest BCUT2D eigenvalue weighted by Crippen LogP contribution is -2.42. The maximum Gasteiger partial charge on any atom is 0.188 e. The van der Waals surface area contributed by atoms with Crippen LogP contribution in [0.4, 0.5) is 0 Å². The number of guanidine groups is 1. The van der Waals surface area contributed by atoms with Gasteiger partial charge in [-0.25, -0.2) is 4.99 Å². The first-order valence-corrected chi connectivity index (χ1v) is 10.7. The topological polar surface area (TPSA) is 56.9 Å². The average molecular weight is 372 g/mol. The third-order valence-corrected chi connectivity index (χ3v) is 6.23. The Morgan fingerprint density at radius 3 is 2.63 bits per heavy atom. The lowest BCUT2D eigenvalue weighted by atomic mass is 9.98. The molecule has 0 aromatic heterocycles. The molecule has 3 N–H and O–H groups in total. The number of rotatable bonds is 7. The van der Waals surface area contributed by atoms with E-state index in [1.165, 1.54) is 56.4 Å². The van der Waals surface area contributed by atoms with E-state index >= 15 is 0 Å². The number of hydrogen-bond donors (Lipinski definition) is 2. The molecule has 5 heteroatoms. The summed E-state index contributed by atoms with van der Waals surface area (Å²) < 4.78 is 0. The molecule has 5 nitrogen and oxygen atoms in total. The molecule has 0 radical (unpaired) electrons. The van der Waals surface area contributed by atoms with Gasteiger partial charge in [0.25, 0.3) is 0 Å². The predicted octanol–water partition coefficient (Wildman–Crippen LogP) is 2.81. The second-order valence-electron chi connectivity index (χ2n) is 8.23. The monoisotopic (exact) mass is 371 g/mol. The number of hydrogen-bond acceptors (Lipinski definition) is 3. The Morgan fingerprint density at radius 2 is 1.89 bits per heavy atom. The molecule has 2 heterocycles. The van der Waals surface area contributed by atoms with Crippen molar-refractivity contribution < 1.29 is 0 Å². The van der Waals surface area contributed by atoms with E-state index in [4.69, 9.17) is 5.73 Å². The number of aliphatic imine (C=N–C) groups is 1. The Bertz CT molecular complexity index is 606. The number of nitrogens with two attached hydrogens (primary N) is 1. The van der Waals surface area contributed by atoms with Gasteiger partial charge in [-0.3, -0.25) is 9.80 Å². The van der Waals surface area contributed by atoms with Crippen molar-refractivity contribution in [2.45, 2.75) is 58.7 Å². The summed E-state index contributed by atoms with van der Waals surface area (Å²) in [5.41, 5.74) is 8.82. The van der Waals surface area contributed by atoms with E-state index in [1.54, 1.807) is 0 Å². The van der Waals surface area contributed by atoms with Crippen molar-refractivity contribution >= 4 is 5.96 Å². The minimum absolute atomic E-state index is 0.569. The van der Waals surface area contributed by atoms with Gasteiger partial charge in [0, 0.05) is 19.1 Å². The highest BCUT2D eigenvalue weighted by Gasteiger charge is 2.22. The van der Waals surface area contributed by atoms with Gasteiger partial charge in [-0.15, -0.1) is 0 Å². The molecule has 2 fully saturated rings. The maximum absolute atomic E-state index is 6.15. The van der Waals surface area contributed by atoms with Crippen LogP contribution in [0.3, 0.4) is 0 Å². The third kappa shape index (κ3) is 5.94. The van der Waals surface area contributed by atoms with E-state index < -0.39 is 0 Å². The Balaban J connectivity index is 1.51. The summed E-state index contributed by atoms with van der Waals surface area (Å²) >= 11 is 0. The first-order chi connectivity index (χ1) is 13.2. The van der Waals surface area contributed by atoms with Gasteiger partial charge in [-0.1, -0.05) is 38.1 Å². The van der Waals surface area contributed by atoms with Crippen LogP contribution >= 0.6 is 0 Å². The number of likely N-dealkylation sites (N-methyl/N-ethyl adjacent to an activating group) is 1. The third-order valence-electron chi connectivity index (χ3n) is 6.23. The van der Waals surface area contributed by atoms with Crippen LogP contribution in [0.15, 0.2) is 29.3 Å². The van der Waals surface area contributed by atoms with Crippen LogP contribution in [0.25, 0.3) is 0 Å². The molecule has 0 amide bonds. The van der Waals surface area contributed by atoms with Gasteiger partial charge in [-0.05, 0) is 68.9 Å². The predicted molar refractivity (Wildman–Crippen MR) is 114 cm³/mol. The highest BCUT2D eigenvalue weighted by Crippen LogP contribution is 2.20. The van der Waals surface area contributed by atoms with Crippen LogP contribution in [0.2, 0.25) is 0 Å². The number of piperidine rings is 1. The fourth-order valence-corrected chi connectivity index (χ4v) is 4.32.